The minimum absolute atomic E-state index is 0.0149. The van der Waals surface area contributed by atoms with Gasteiger partial charge in [-0.15, -0.1) is 0 Å². The van der Waals surface area contributed by atoms with E-state index in [1.165, 1.54) is 30.4 Å². The highest BCUT2D eigenvalue weighted by molar-refractivity contribution is 5.94. The molecule has 4 rings (SSSR count). The molecule has 2 aromatic rings. The van der Waals surface area contributed by atoms with E-state index < -0.39 is 0 Å². The van der Waals surface area contributed by atoms with Crippen LogP contribution in [-0.2, 0) is 25.9 Å². The lowest BCUT2D eigenvalue weighted by molar-refractivity contribution is 0.0950. The normalized spacial score (nSPS) is 18.0. The first-order valence-corrected chi connectivity index (χ1v) is 9.89. The summed E-state index contributed by atoms with van der Waals surface area (Å²) in [7, 11) is 0. The van der Waals surface area contributed by atoms with E-state index in [0.717, 1.165) is 49.8 Å². The second-order valence-electron chi connectivity index (χ2n) is 7.45. The number of fused-ring (bicyclic) bond motifs is 1. The minimum atomic E-state index is -0.0149. The van der Waals surface area contributed by atoms with E-state index in [9.17, 15) is 4.79 Å². The van der Waals surface area contributed by atoms with Gasteiger partial charge in [0, 0.05) is 37.4 Å². The van der Waals surface area contributed by atoms with Gasteiger partial charge in [-0.2, -0.15) is 5.10 Å². The molecule has 0 saturated heterocycles. The third kappa shape index (κ3) is 3.68. The third-order valence-electron chi connectivity index (χ3n) is 5.85. The van der Waals surface area contributed by atoms with Crippen LogP contribution in [-0.4, -0.2) is 39.7 Å². The van der Waals surface area contributed by atoms with Crippen LogP contribution in [0.4, 0.5) is 0 Å². The molecular formula is C21H28N4O. The molecule has 1 N–H and O–H groups in total. The van der Waals surface area contributed by atoms with Crippen molar-refractivity contribution in [3.8, 4) is 0 Å². The second kappa shape index (κ2) is 7.62. The van der Waals surface area contributed by atoms with Crippen molar-refractivity contribution < 1.29 is 4.79 Å². The molecule has 0 radical (unpaired) electrons. The van der Waals surface area contributed by atoms with Crippen LogP contribution in [0, 0.1) is 0 Å². The number of nitrogens with zero attached hydrogens (tertiary/aromatic N) is 3. The van der Waals surface area contributed by atoms with E-state index in [1.54, 1.807) is 0 Å². The summed E-state index contributed by atoms with van der Waals surface area (Å²) in [5.74, 6) is -0.0149. The summed E-state index contributed by atoms with van der Waals surface area (Å²) < 4.78 is 1.87. The van der Waals surface area contributed by atoms with Crippen molar-refractivity contribution in [2.45, 2.75) is 58.2 Å². The van der Waals surface area contributed by atoms with E-state index in [0.29, 0.717) is 6.54 Å². The molecule has 2 heterocycles. The van der Waals surface area contributed by atoms with Crippen LogP contribution >= 0.6 is 0 Å². The van der Waals surface area contributed by atoms with Gasteiger partial charge in [0.15, 0.2) is 0 Å². The molecule has 1 aliphatic carbocycles. The van der Waals surface area contributed by atoms with Gasteiger partial charge in [-0.3, -0.25) is 14.4 Å². The van der Waals surface area contributed by atoms with Gasteiger partial charge in [-0.25, -0.2) is 0 Å². The fourth-order valence-corrected chi connectivity index (χ4v) is 3.95. The quantitative estimate of drug-likeness (QED) is 0.900. The molecule has 26 heavy (non-hydrogen) atoms. The average Bonchev–Trinajstić information content (AvgIpc) is 2.99. The van der Waals surface area contributed by atoms with Gasteiger partial charge in [0.1, 0.15) is 0 Å². The Morgan fingerprint density at radius 3 is 2.69 bits per heavy atom. The monoisotopic (exact) mass is 352 g/mol. The van der Waals surface area contributed by atoms with Gasteiger partial charge in [0.25, 0.3) is 5.91 Å². The summed E-state index contributed by atoms with van der Waals surface area (Å²) >= 11 is 0. The Labute approximate surface area is 155 Å². The van der Waals surface area contributed by atoms with Gasteiger partial charge in [0.05, 0.1) is 12.2 Å². The van der Waals surface area contributed by atoms with E-state index in [2.05, 4.69) is 34.4 Å². The first-order valence-electron chi connectivity index (χ1n) is 9.89. The molecule has 1 aliphatic heterocycles. The maximum atomic E-state index is 12.5. The van der Waals surface area contributed by atoms with Gasteiger partial charge < -0.3 is 5.32 Å². The van der Waals surface area contributed by atoms with Gasteiger partial charge in [0.2, 0.25) is 0 Å². The van der Waals surface area contributed by atoms with Crippen molar-refractivity contribution in [1.82, 2.24) is 20.0 Å². The molecule has 138 valence electrons. The summed E-state index contributed by atoms with van der Waals surface area (Å²) in [6, 6.07) is 8.98. The first kappa shape index (κ1) is 17.3. The van der Waals surface area contributed by atoms with Crippen LogP contribution in [0.1, 0.15) is 53.4 Å². The van der Waals surface area contributed by atoms with Gasteiger partial charge >= 0.3 is 0 Å². The van der Waals surface area contributed by atoms with Crippen LogP contribution in [0.5, 0.6) is 0 Å². The Hall–Kier alpha value is -2.14. The number of hydrogen-bond acceptors (Lipinski definition) is 3. The predicted octanol–water partition coefficient (Wildman–Crippen LogP) is 2.79. The highest BCUT2D eigenvalue weighted by Gasteiger charge is 2.26. The maximum absolute atomic E-state index is 12.5. The third-order valence-corrected chi connectivity index (χ3v) is 5.85. The van der Waals surface area contributed by atoms with Gasteiger partial charge in [-0.1, -0.05) is 12.5 Å². The highest BCUT2D eigenvalue weighted by Crippen LogP contribution is 2.27. The van der Waals surface area contributed by atoms with Crippen molar-refractivity contribution >= 4 is 5.91 Å². The van der Waals surface area contributed by atoms with Gasteiger partial charge in [-0.05, 0) is 61.9 Å². The second-order valence-corrected chi connectivity index (χ2v) is 7.45. The van der Waals surface area contributed by atoms with Crippen LogP contribution in [0.3, 0.4) is 0 Å². The number of carbonyl (C=O) groups is 1. The van der Waals surface area contributed by atoms with E-state index in [4.69, 9.17) is 0 Å². The highest BCUT2D eigenvalue weighted by atomic mass is 16.1. The number of amides is 1. The molecule has 5 nitrogen and oxygen atoms in total. The van der Waals surface area contributed by atoms with Crippen LogP contribution in [0.2, 0.25) is 0 Å². The van der Waals surface area contributed by atoms with Crippen molar-refractivity contribution in [3.05, 3.63) is 52.8 Å². The Balaban J connectivity index is 1.38. The molecule has 1 aromatic carbocycles. The number of carbonyl (C=O) groups excluding carboxylic acids is 1. The molecule has 0 bridgehead atoms. The summed E-state index contributed by atoms with van der Waals surface area (Å²) in [4.78, 5) is 15.2. The minimum Gasteiger partial charge on any atom is -0.346 e. The maximum Gasteiger partial charge on any atom is 0.251 e. The lowest BCUT2D eigenvalue weighted by Gasteiger charge is -2.36. The molecule has 0 unspecified atom stereocenters. The Bertz CT molecular complexity index is 778. The van der Waals surface area contributed by atoms with Crippen LogP contribution < -0.4 is 5.32 Å². The van der Waals surface area contributed by atoms with Crippen molar-refractivity contribution in [2.24, 2.45) is 0 Å². The Morgan fingerprint density at radius 2 is 2.00 bits per heavy atom. The molecule has 0 atom stereocenters. The summed E-state index contributed by atoms with van der Waals surface area (Å²) in [6.45, 7) is 5.65. The molecule has 1 aromatic heterocycles. The summed E-state index contributed by atoms with van der Waals surface area (Å²) in [5, 5.41) is 7.41. The number of aryl methyl sites for hydroxylation is 1. The zero-order valence-electron chi connectivity index (χ0n) is 15.6. The van der Waals surface area contributed by atoms with E-state index in [1.807, 2.05) is 23.0 Å². The first-order chi connectivity index (χ1) is 12.7. The Kier molecular flexibility index (Phi) is 5.07. The summed E-state index contributed by atoms with van der Waals surface area (Å²) in [6.07, 6.45) is 8.19. The fraction of sp³-hybridized carbons (Fsp3) is 0.524. The molecule has 1 amide bonds. The van der Waals surface area contributed by atoms with Crippen molar-refractivity contribution in [2.75, 3.05) is 13.1 Å². The lowest BCUT2D eigenvalue weighted by Crippen LogP contribution is -2.41. The number of aromatic nitrogens is 2. The standard InChI is InChI=1S/C21H28N4O/c1-2-25-13-10-19(23-25)15-22-21(26)18-7-6-16-8-11-24(20-4-3-5-20)12-9-17(16)14-18/h6-7,10,13-14,20H,2-5,8-9,11-12,15H2,1H3,(H,22,26). The molecule has 2 aliphatic rings. The fourth-order valence-electron chi connectivity index (χ4n) is 3.95. The smallest absolute Gasteiger partial charge is 0.251 e. The predicted molar refractivity (Wildman–Crippen MR) is 102 cm³/mol. The number of nitrogens with one attached hydrogen (secondary N) is 1. The molecule has 5 heteroatoms. The van der Waals surface area contributed by atoms with E-state index in [-0.39, 0.29) is 5.91 Å². The number of hydrogen-bond donors (Lipinski definition) is 1. The number of benzene rings is 1. The molecule has 1 fully saturated rings. The lowest BCUT2D eigenvalue weighted by atomic mass is 9.91. The van der Waals surface area contributed by atoms with Crippen molar-refractivity contribution in [3.63, 3.8) is 0 Å². The zero-order valence-corrected chi connectivity index (χ0v) is 15.6. The van der Waals surface area contributed by atoms with E-state index >= 15 is 0 Å². The SMILES string of the molecule is CCn1ccc(CNC(=O)c2ccc3c(c2)CCN(C2CCC2)CC3)n1. The summed E-state index contributed by atoms with van der Waals surface area (Å²) in [5.41, 5.74) is 4.40. The molecule has 1 saturated carbocycles. The topological polar surface area (TPSA) is 50.2 Å². The molecular weight excluding hydrogens is 324 g/mol. The Morgan fingerprint density at radius 1 is 1.19 bits per heavy atom. The van der Waals surface area contributed by atoms with Crippen LogP contribution in [0.25, 0.3) is 0 Å². The largest absolute Gasteiger partial charge is 0.346 e. The average molecular weight is 352 g/mol. The van der Waals surface area contributed by atoms with Crippen molar-refractivity contribution in [1.29, 1.82) is 0 Å². The van der Waals surface area contributed by atoms with Crippen LogP contribution in [0.15, 0.2) is 30.5 Å². The number of rotatable bonds is 5. The molecule has 0 spiro atoms. The zero-order chi connectivity index (χ0) is 17.9.